The molecule has 1 amide bonds. The minimum atomic E-state index is -0.505. The predicted molar refractivity (Wildman–Crippen MR) is 111 cm³/mol. The lowest BCUT2D eigenvalue weighted by Crippen LogP contribution is -2.13. The van der Waals surface area contributed by atoms with E-state index in [4.69, 9.17) is 11.6 Å². The molecule has 3 aromatic carbocycles. The van der Waals surface area contributed by atoms with Gasteiger partial charge in [-0.2, -0.15) is 5.26 Å². The summed E-state index contributed by atoms with van der Waals surface area (Å²) in [5.41, 5.74) is 4.14. The molecule has 1 atom stereocenters. The van der Waals surface area contributed by atoms with Crippen LogP contribution in [0.25, 0.3) is 0 Å². The van der Waals surface area contributed by atoms with E-state index in [0.29, 0.717) is 16.3 Å². The zero-order valence-corrected chi connectivity index (χ0v) is 16.3. The monoisotopic (exact) mass is 390 g/mol. The van der Waals surface area contributed by atoms with E-state index < -0.39 is 11.8 Å². The smallest absolute Gasteiger partial charge is 0.259 e. The maximum absolute atomic E-state index is 12.5. The van der Waals surface area contributed by atoms with Crippen LogP contribution in [0, 0.1) is 25.2 Å². The third kappa shape index (κ3) is 4.00. The molecule has 0 heterocycles. The Bertz CT molecular complexity index is 1070. The van der Waals surface area contributed by atoms with Crippen molar-refractivity contribution in [1.82, 2.24) is 0 Å². The van der Waals surface area contributed by atoms with Gasteiger partial charge in [-0.1, -0.05) is 59.6 Å². The lowest BCUT2D eigenvalue weighted by Gasteiger charge is -2.16. The minimum Gasteiger partial charge on any atom is -0.507 e. The van der Waals surface area contributed by atoms with Crippen LogP contribution in [0.2, 0.25) is 5.02 Å². The average Bonchev–Trinajstić information content (AvgIpc) is 2.67. The fraction of sp³-hybridized carbons (Fsp3) is 0.130. The molecular formula is C23H19ClN2O2. The van der Waals surface area contributed by atoms with E-state index >= 15 is 0 Å². The van der Waals surface area contributed by atoms with Crippen LogP contribution in [0.1, 0.15) is 38.5 Å². The molecule has 4 nitrogen and oxygen atoms in total. The van der Waals surface area contributed by atoms with Gasteiger partial charge in [0.1, 0.15) is 5.75 Å². The molecular weight excluding hydrogens is 372 g/mol. The summed E-state index contributed by atoms with van der Waals surface area (Å²) in [7, 11) is 0. The summed E-state index contributed by atoms with van der Waals surface area (Å²) < 4.78 is 0. The molecule has 28 heavy (non-hydrogen) atoms. The average molecular weight is 391 g/mol. The highest BCUT2D eigenvalue weighted by Crippen LogP contribution is 2.34. The van der Waals surface area contributed by atoms with Crippen molar-refractivity contribution in [2.24, 2.45) is 0 Å². The molecule has 2 N–H and O–H groups in total. The summed E-state index contributed by atoms with van der Waals surface area (Å²) in [5, 5.41) is 22.7. The van der Waals surface area contributed by atoms with Crippen molar-refractivity contribution in [3.63, 3.8) is 0 Å². The van der Waals surface area contributed by atoms with Gasteiger partial charge in [-0.15, -0.1) is 0 Å². The van der Waals surface area contributed by atoms with Gasteiger partial charge in [0.05, 0.1) is 17.6 Å². The van der Waals surface area contributed by atoms with E-state index in [1.54, 1.807) is 24.3 Å². The Labute approximate surface area is 169 Å². The lowest BCUT2D eigenvalue weighted by molar-refractivity contribution is 0.102. The van der Waals surface area contributed by atoms with Gasteiger partial charge in [0.15, 0.2) is 0 Å². The van der Waals surface area contributed by atoms with Gasteiger partial charge in [0.25, 0.3) is 5.91 Å². The topological polar surface area (TPSA) is 73.1 Å². The second-order valence-corrected chi connectivity index (χ2v) is 7.04. The largest absolute Gasteiger partial charge is 0.507 e. The van der Waals surface area contributed by atoms with Crippen molar-refractivity contribution < 1.29 is 9.90 Å². The number of phenolic OH excluding ortho intramolecular Hbond substituents is 1. The van der Waals surface area contributed by atoms with Crippen LogP contribution < -0.4 is 5.32 Å². The van der Waals surface area contributed by atoms with Gasteiger partial charge in [0.2, 0.25) is 0 Å². The number of halogens is 1. The minimum absolute atomic E-state index is 0.0933. The van der Waals surface area contributed by atoms with Crippen molar-refractivity contribution in [3.05, 3.63) is 93.5 Å². The number of hydrogen-bond acceptors (Lipinski definition) is 3. The molecule has 0 radical (unpaired) electrons. The number of nitrogens with one attached hydrogen (secondary N) is 1. The van der Waals surface area contributed by atoms with E-state index in [1.165, 1.54) is 6.07 Å². The van der Waals surface area contributed by atoms with Crippen LogP contribution >= 0.6 is 11.6 Å². The molecule has 140 valence electrons. The lowest BCUT2D eigenvalue weighted by atomic mass is 9.90. The van der Waals surface area contributed by atoms with Gasteiger partial charge in [-0.3, -0.25) is 4.79 Å². The first kappa shape index (κ1) is 19.5. The number of aromatic hydroxyl groups is 1. The summed E-state index contributed by atoms with van der Waals surface area (Å²) in [6.45, 7) is 3.83. The van der Waals surface area contributed by atoms with Crippen molar-refractivity contribution in [3.8, 4) is 11.8 Å². The zero-order valence-electron chi connectivity index (χ0n) is 15.5. The highest BCUT2D eigenvalue weighted by molar-refractivity contribution is 6.32. The van der Waals surface area contributed by atoms with Gasteiger partial charge >= 0.3 is 0 Å². The molecule has 0 saturated carbocycles. The highest BCUT2D eigenvalue weighted by atomic mass is 35.5. The molecule has 0 aliphatic heterocycles. The van der Waals surface area contributed by atoms with Crippen LogP contribution in [0.3, 0.4) is 0 Å². The number of carbonyl (C=O) groups is 1. The van der Waals surface area contributed by atoms with Gasteiger partial charge in [0, 0.05) is 10.7 Å². The number of benzene rings is 3. The predicted octanol–water partition coefficient (Wildman–Crippen LogP) is 5.57. The molecule has 0 saturated heterocycles. The SMILES string of the molecule is Cc1ccc(C(C#N)c2cc(C)c(NC(=O)c3ccccc3O)cc2Cl)cc1. The first-order chi connectivity index (χ1) is 13.4. The number of rotatable bonds is 4. The summed E-state index contributed by atoms with van der Waals surface area (Å²) in [6, 6.07) is 19.8. The summed E-state index contributed by atoms with van der Waals surface area (Å²) in [5.74, 6) is -1.03. The van der Waals surface area contributed by atoms with Gasteiger partial charge < -0.3 is 10.4 Å². The van der Waals surface area contributed by atoms with Crippen LogP contribution in [0.15, 0.2) is 60.7 Å². The molecule has 0 fully saturated rings. The quantitative estimate of drug-likeness (QED) is 0.611. The van der Waals surface area contributed by atoms with Gasteiger partial charge in [-0.25, -0.2) is 0 Å². The second-order valence-electron chi connectivity index (χ2n) is 6.63. The van der Waals surface area contributed by atoms with Crippen molar-refractivity contribution in [1.29, 1.82) is 5.26 Å². The Balaban J connectivity index is 1.92. The van der Waals surface area contributed by atoms with E-state index in [2.05, 4.69) is 11.4 Å². The van der Waals surface area contributed by atoms with Crippen molar-refractivity contribution in [2.45, 2.75) is 19.8 Å². The third-order valence-electron chi connectivity index (χ3n) is 4.59. The number of hydrogen-bond donors (Lipinski definition) is 2. The Morgan fingerprint density at radius 1 is 1.11 bits per heavy atom. The molecule has 0 aliphatic carbocycles. The number of nitrogens with zero attached hydrogens (tertiary/aromatic N) is 1. The first-order valence-corrected chi connectivity index (χ1v) is 9.14. The first-order valence-electron chi connectivity index (χ1n) is 8.76. The number of phenols is 1. The molecule has 0 spiro atoms. The fourth-order valence-electron chi connectivity index (χ4n) is 3.00. The third-order valence-corrected chi connectivity index (χ3v) is 4.92. The van der Waals surface area contributed by atoms with Crippen LogP contribution in [0.4, 0.5) is 5.69 Å². The maximum atomic E-state index is 12.5. The molecule has 0 aliphatic rings. The molecule has 0 aromatic heterocycles. The number of nitriles is 1. The standard InChI is InChI=1S/C23H19ClN2O2/c1-14-7-9-16(10-8-14)19(13-25)18-11-15(2)21(12-20(18)24)26-23(28)17-5-3-4-6-22(17)27/h3-12,19,27H,1-2H3,(H,26,28). The van der Waals surface area contributed by atoms with Crippen LogP contribution in [-0.4, -0.2) is 11.0 Å². The van der Waals surface area contributed by atoms with Crippen LogP contribution in [0.5, 0.6) is 5.75 Å². The Morgan fingerprint density at radius 3 is 2.43 bits per heavy atom. The van der Waals surface area contributed by atoms with Crippen LogP contribution in [-0.2, 0) is 0 Å². The Kier molecular flexibility index (Phi) is 5.67. The molecule has 0 bridgehead atoms. The summed E-state index contributed by atoms with van der Waals surface area (Å²) in [6.07, 6.45) is 0. The highest BCUT2D eigenvalue weighted by Gasteiger charge is 2.19. The van der Waals surface area contributed by atoms with E-state index in [0.717, 1.165) is 16.7 Å². The van der Waals surface area contributed by atoms with Gasteiger partial charge in [-0.05, 0) is 48.7 Å². The number of anilines is 1. The number of para-hydroxylation sites is 1. The van der Waals surface area contributed by atoms with Crippen molar-refractivity contribution in [2.75, 3.05) is 5.32 Å². The maximum Gasteiger partial charge on any atom is 0.259 e. The van der Waals surface area contributed by atoms with E-state index in [9.17, 15) is 15.2 Å². The molecule has 3 rings (SSSR count). The zero-order chi connectivity index (χ0) is 20.3. The molecule has 1 unspecified atom stereocenters. The molecule has 5 heteroatoms. The normalized spacial score (nSPS) is 11.5. The van der Waals surface area contributed by atoms with E-state index in [1.807, 2.05) is 44.2 Å². The number of carbonyl (C=O) groups excluding carboxylic acids is 1. The molecule has 3 aromatic rings. The van der Waals surface area contributed by atoms with Crippen molar-refractivity contribution >= 4 is 23.2 Å². The fourth-order valence-corrected chi connectivity index (χ4v) is 3.27. The summed E-state index contributed by atoms with van der Waals surface area (Å²) in [4.78, 5) is 12.5. The van der Waals surface area contributed by atoms with E-state index in [-0.39, 0.29) is 11.3 Å². The summed E-state index contributed by atoms with van der Waals surface area (Å²) >= 11 is 6.46. The Hall–Kier alpha value is -3.29. The Morgan fingerprint density at radius 2 is 1.79 bits per heavy atom. The number of aryl methyl sites for hydroxylation is 2. The second kappa shape index (κ2) is 8.16. The number of amides is 1.